The normalized spacial score (nSPS) is 17.3. The van der Waals surface area contributed by atoms with Crippen LogP contribution in [0.3, 0.4) is 0 Å². The molecule has 92 valence electrons. The van der Waals surface area contributed by atoms with Crippen molar-refractivity contribution in [2.24, 2.45) is 5.73 Å². The van der Waals surface area contributed by atoms with Crippen LogP contribution < -0.4 is 10.6 Å². The summed E-state index contributed by atoms with van der Waals surface area (Å²) >= 11 is 0. The number of amides is 1. The topological polar surface area (TPSA) is 59.5 Å². The molecule has 0 saturated carbocycles. The van der Waals surface area contributed by atoms with Gasteiger partial charge in [-0.15, -0.1) is 0 Å². The van der Waals surface area contributed by atoms with E-state index in [2.05, 4.69) is 4.90 Å². The lowest BCUT2D eigenvalue weighted by atomic mass is 10.2. The monoisotopic (exact) mass is 234 g/mol. The second kappa shape index (κ2) is 5.57. The highest BCUT2D eigenvalue weighted by Gasteiger charge is 2.12. The molecule has 1 aromatic heterocycles. The Morgan fingerprint density at radius 3 is 2.59 bits per heavy atom. The Morgan fingerprint density at radius 2 is 1.94 bits per heavy atom. The van der Waals surface area contributed by atoms with E-state index in [1.807, 2.05) is 12.1 Å². The van der Waals surface area contributed by atoms with Gasteiger partial charge in [0.1, 0.15) is 5.76 Å². The van der Waals surface area contributed by atoms with Gasteiger partial charge in [-0.25, -0.2) is 0 Å². The van der Waals surface area contributed by atoms with Gasteiger partial charge in [-0.05, 0) is 25.0 Å². The summed E-state index contributed by atoms with van der Waals surface area (Å²) in [5.41, 5.74) is 5.03. The van der Waals surface area contributed by atoms with Crippen LogP contribution in [0.25, 0.3) is 6.08 Å². The SMILES string of the molecule is NC(=O)/C=C\c1ccc(N2CCCCCC2)o1. The quantitative estimate of drug-likeness (QED) is 0.815. The second-order valence-electron chi connectivity index (χ2n) is 4.31. The first-order chi connectivity index (χ1) is 8.25. The smallest absolute Gasteiger partial charge is 0.241 e. The van der Waals surface area contributed by atoms with Gasteiger partial charge in [0.2, 0.25) is 5.91 Å². The van der Waals surface area contributed by atoms with E-state index in [9.17, 15) is 4.79 Å². The summed E-state index contributed by atoms with van der Waals surface area (Å²) in [5.74, 6) is 1.09. The number of carbonyl (C=O) groups excluding carboxylic acids is 1. The van der Waals surface area contributed by atoms with Crippen molar-refractivity contribution in [3.05, 3.63) is 24.0 Å². The van der Waals surface area contributed by atoms with E-state index < -0.39 is 5.91 Å². The van der Waals surface area contributed by atoms with Crippen LogP contribution in [0.2, 0.25) is 0 Å². The molecule has 0 unspecified atom stereocenters. The van der Waals surface area contributed by atoms with Crippen LogP contribution in [0.4, 0.5) is 5.88 Å². The minimum atomic E-state index is -0.460. The van der Waals surface area contributed by atoms with Gasteiger partial charge in [0, 0.05) is 25.2 Å². The van der Waals surface area contributed by atoms with Crippen molar-refractivity contribution in [3.8, 4) is 0 Å². The van der Waals surface area contributed by atoms with Gasteiger partial charge >= 0.3 is 0 Å². The Hall–Kier alpha value is -1.71. The van der Waals surface area contributed by atoms with Gasteiger partial charge < -0.3 is 15.1 Å². The molecule has 1 aliphatic rings. The minimum absolute atomic E-state index is 0.460. The summed E-state index contributed by atoms with van der Waals surface area (Å²) in [6.07, 6.45) is 7.94. The first kappa shape index (κ1) is 11.8. The van der Waals surface area contributed by atoms with E-state index in [1.54, 1.807) is 6.08 Å². The Labute approximate surface area is 101 Å². The molecule has 0 bridgehead atoms. The van der Waals surface area contributed by atoms with Crippen molar-refractivity contribution in [3.63, 3.8) is 0 Å². The number of nitrogens with two attached hydrogens (primary N) is 1. The summed E-state index contributed by atoms with van der Waals surface area (Å²) in [6.45, 7) is 2.10. The van der Waals surface area contributed by atoms with Crippen molar-refractivity contribution in [2.75, 3.05) is 18.0 Å². The van der Waals surface area contributed by atoms with Crippen LogP contribution in [-0.4, -0.2) is 19.0 Å². The number of rotatable bonds is 3. The van der Waals surface area contributed by atoms with Gasteiger partial charge in [-0.3, -0.25) is 4.79 Å². The third-order valence-electron chi connectivity index (χ3n) is 2.94. The third kappa shape index (κ3) is 3.37. The number of nitrogens with zero attached hydrogens (tertiary/aromatic N) is 1. The summed E-state index contributed by atoms with van der Waals surface area (Å²) in [5, 5.41) is 0. The maximum Gasteiger partial charge on any atom is 0.241 e. The molecule has 0 aromatic carbocycles. The molecule has 2 heterocycles. The van der Waals surface area contributed by atoms with E-state index in [0.717, 1.165) is 19.0 Å². The minimum Gasteiger partial charge on any atom is -0.441 e. The first-order valence-corrected chi connectivity index (χ1v) is 6.08. The van der Waals surface area contributed by atoms with E-state index in [0.29, 0.717) is 5.76 Å². The zero-order valence-corrected chi connectivity index (χ0v) is 9.89. The summed E-state index contributed by atoms with van der Waals surface area (Å²) in [4.78, 5) is 12.9. The maximum absolute atomic E-state index is 10.6. The van der Waals surface area contributed by atoms with Crippen LogP contribution in [0.15, 0.2) is 22.6 Å². The molecule has 2 N–H and O–H groups in total. The van der Waals surface area contributed by atoms with Gasteiger partial charge in [0.25, 0.3) is 0 Å². The number of primary amides is 1. The highest BCUT2D eigenvalue weighted by atomic mass is 16.4. The summed E-state index contributed by atoms with van der Waals surface area (Å²) in [7, 11) is 0. The molecule has 1 amide bonds. The number of hydrogen-bond donors (Lipinski definition) is 1. The standard InChI is InChI=1S/C13H18N2O2/c14-12(16)7-5-11-6-8-13(17-11)15-9-3-1-2-4-10-15/h5-8H,1-4,9-10H2,(H2,14,16)/b7-5-. The molecule has 1 aromatic rings. The molecule has 4 heteroatoms. The van der Waals surface area contributed by atoms with E-state index in [-0.39, 0.29) is 0 Å². The second-order valence-corrected chi connectivity index (χ2v) is 4.31. The first-order valence-electron chi connectivity index (χ1n) is 6.08. The van der Waals surface area contributed by atoms with Gasteiger partial charge in [-0.1, -0.05) is 12.8 Å². The van der Waals surface area contributed by atoms with Crippen molar-refractivity contribution in [1.82, 2.24) is 0 Å². The molecule has 17 heavy (non-hydrogen) atoms. The lowest BCUT2D eigenvalue weighted by Crippen LogP contribution is -2.23. The number of hydrogen-bond acceptors (Lipinski definition) is 3. The van der Waals surface area contributed by atoms with Crippen LogP contribution >= 0.6 is 0 Å². The highest BCUT2D eigenvalue weighted by Crippen LogP contribution is 2.22. The molecule has 0 spiro atoms. The highest BCUT2D eigenvalue weighted by molar-refractivity contribution is 5.89. The Kier molecular flexibility index (Phi) is 3.85. The lowest BCUT2D eigenvalue weighted by molar-refractivity contribution is -0.113. The molecule has 1 fully saturated rings. The molecule has 4 nitrogen and oxygen atoms in total. The zero-order valence-electron chi connectivity index (χ0n) is 9.89. The average molecular weight is 234 g/mol. The van der Waals surface area contributed by atoms with Crippen LogP contribution in [0, 0.1) is 0 Å². The summed E-state index contributed by atoms with van der Waals surface area (Å²) in [6, 6.07) is 3.81. The molecule has 2 rings (SSSR count). The molecule has 1 saturated heterocycles. The van der Waals surface area contributed by atoms with Crippen molar-refractivity contribution < 1.29 is 9.21 Å². The van der Waals surface area contributed by atoms with Crippen LogP contribution in [-0.2, 0) is 4.79 Å². The van der Waals surface area contributed by atoms with Crippen LogP contribution in [0.1, 0.15) is 31.4 Å². The number of carbonyl (C=O) groups is 1. The number of furan rings is 1. The Balaban J connectivity index is 2.03. The Bertz CT molecular complexity index is 401. The van der Waals surface area contributed by atoms with Crippen LogP contribution in [0.5, 0.6) is 0 Å². The van der Waals surface area contributed by atoms with E-state index in [1.165, 1.54) is 31.8 Å². The van der Waals surface area contributed by atoms with Crippen molar-refractivity contribution >= 4 is 17.9 Å². The zero-order chi connectivity index (χ0) is 12.1. The molecular formula is C13H18N2O2. The number of anilines is 1. The molecule has 1 aliphatic heterocycles. The van der Waals surface area contributed by atoms with E-state index in [4.69, 9.17) is 10.2 Å². The molecule has 0 radical (unpaired) electrons. The summed E-state index contributed by atoms with van der Waals surface area (Å²) < 4.78 is 5.66. The largest absolute Gasteiger partial charge is 0.441 e. The van der Waals surface area contributed by atoms with E-state index >= 15 is 0 Å². The third-order valence-corrected chi connectivity index (χ3v) is 2.94. The lowest BCUT2D eigenvalue weighted by Gasteiger charge is -2.18. The molecule has 0 aliphatic carbocycles. The average Bonchev–Trinajstić information content (AvgIpc) is 2.60. The van der Waals surface area contributed by atoms with Gasteiger partial charge in [-0.2, -0.15) is 0 Å². The molecule has 0 atom stereocenters. The van der Waals surface area contributed by atoms with Crippen molar-refractivity contribution in [1.29, 1.82) is 0 Å². The van der Waals surface area contributed by atoms with Gasteiger partial charge in [0.05, 0.1) is 0 Å². The predicted molar refractivity (Wildman–Crippen MR) is 67.6 cm³/mol. The van der Waals surface area contributed by atoms with Gasteiger partial charge in [0.15, 0.2) is 5.88 Å². The fourth-order valence-corrected chi connectivity index (χ4v) is 2.06. The fourth-order valence-electron chi connectivity index (χ4n) is 2.06. The molecular weight excluding hydrogens is 216 g/mol. The van der Waals surface area contributed by atoms with Crippen molar-refractivity contribution in [2.45, 2.75) is 25.7 Å². The Morgan fingerprint density at radius 1 is 1.24 bits per heavy atom. The predicted octanol–water partition coefficient (Wildman–Crippen LogP) is 2.16. The fraction of sp³-hybridized carbons (Fsp3) is 0.462. The maximum atomic E-state index is 10.6.